The topological polar surface area (TPSA) is 52.8 Å². The average Bonchev–Trinajstić information content (AvgIpc) is 2.94. The SMILES string of the molecule is Cc1ccc2nc(COC(=O)c3ccccc3OC(F)F)cn2c1. The summed E-state index contributed by atoms with van der Waals surface area (Å²) in [6.07, 6.45) is 3.65. The van der Waals surface area contributed by atoms with E-state index in [-0.39, 0.29) is 17.9 Å². The second-order valence-corrected chi connectivity index (χ2v) is 5.15. The normalized spacial score (nSPS) is 11.0. The number of pyridine rings is 1. The molecule has 0 radical (unpaired) electrons. The summed E-state index contributed by atoms with van der Waals surface area (Å²) in [6, 6.07) is 9.48. The Labute approximate surface area is 136 Å². The Morgan fingerprint density at radius 3 is 2.79 bits per heavy atom. The zero-order chi connectivity index (χ0) is 17.1. The number of ether oxygens (including phenoxy) is 2. The first kappa shape index (κ1) is 15.9. The fraction of sp³-hybridized carbons (Fsp3) is 0.176. The molecular weight excluding hydrogens is 318 g/mol. The molecule has 0 saturated heterocycles. The highest BCUT2D eigenvalue weighted by atomic mass is 19.3. The fourth-order valence-corrected chi connectivity index (χ4v) is 2.28. The molecule has 0 aliphatic carbocycles. The molecule has 24 heavy (non-hydrogen) atoms. The quantitative estimate of drug-likeness (QED) is 0.670. The number of rotatable bonds is 5. The van der Waals surface area contributed by atoms with Gasteiger partial charge >= 0.3 is 12.6 Å². The van der Waals surface area contributed by atoms with E-state index < -0.39 is 12.6 Å². The highest BCUT2D eigenvalue weighted by molar-refractivity contribution is 5.92. The van der Waals surface area contributed by atoms with Gasteiger partial charge in [0.1, 0.15) is 23.6 Å². The molecule has 0 amide bonds. The molecule has 5 nitrogen and oxygen atoms in total. The fourth-order valence-electron chi connectivity index (χ4n) is 2.28. The number of aryl methyl sites for hydroxylation is 1. The third kappa shape index (κ3) is 3.51. The lowest BCUT2D eigenvalue weighted by molar-refractivity contribution is -0.0505. The van der Waals surface area contributed by atoms with Gasteiger partial charge in [0.2, 0.25) is 0 Å². The minimum Gasteiger partial charge on any atom is -0.455 e. The molecular formula is C17H14F2N2O3. The standard InChI is InChI=1S/C17H14F2N2O3/c1-11-6-7-15-20-12(9-21(15)8-11)10-23-16(22)13-4-2-3-5-14(13)24-17(18)19/h2-9,17H,10H2,1H3. The number of hydrogen-bond acceptors (Lipinski definition) is 4. The van der Waals surface area contributed by atoms with Crippen molar-refractivity contribution in [2.24, 2.45) is 0 Å². The van der Waals surface area contributed by atoms with Gasteiger partial charge in [-0.2, -0.15) is 8.78 Å². The molecule has 3 aromatic rings. The van der Waals surface area contributed by atoms with Gasteiger partial charge in [-0.1, -0.05) is 18.2 Å². The number of carbonyl (C=O) groups excluding carboxylic acids is 1. The van der Waals surface area contributed by atoms with Crippen LogP contribution >= 0.6 is 0 Å². The highest BCUT2D eigenvalue weighted by Gasteiger charge is 2.17. The summed E-state index contributed by atoms with van der Waals surface area (Å²) in [5, 5.41) is 0. The summed E-state index contributed by atoms with van der Waals surface area (Å²) in [5.41, 5.74) is 2.30. The number of esters is 1. The monoisotopic (exact) mass is 332 g/mol. The van der Waals surface area contributed by atoms with Crippen LogP contribution in [0, 0.1) is 6.92 Å². The van der Waals surface area contributed by atoms with Gasteiger partial charge in [-0.3, -0.25) is 0 Å². The number of hydrogen-bond donors (Lipinski definition) is 0. The number of halogens is 2. The van der Waals surface area contributed by atoms with Crippen LogP contribution in [0.25, 0.3) is 5.65 Å². The van der Waals surface area contributed by atoms with Crippen LogP contribution in [0.4, 0.5) is 8.78 Å². The van der Waals surface area contributed by atoms with Crippen molar-refractivity contribution in [1.82, 2.24) is 9.38 Å². The first-order chi connectivity index (χ1) is 11.5. The molecule has 0 atom stereocenters. The molecule has 0 N–H and O–H groups in total. The van der Waals surface area contributed by atoms with Crippen LogP contribution in [-0.4, -0.2) is 22.0 Å². The van der Waals surface area contributed by atoms with Gasteiger partial charge in [-0.15, -0.1) is 0 Å². The van der Waals surface area contributed by atoms with Gasteiger partial charge in [0.15, 0.2) is 0 Å². The van der Waals surface area contributed by atoms with Crippen molar-refractivity contribution < 1.29 is 23.0 Å². The smallest absolute Gasteiger partial charge is 0.387 e. The molecule has 0 saturated carbocycles. The first-order valence-electron chi connectivity index (χ1n) is 7.18. The Bertz CT molecular complexity index is 877. The molecule has 0 spiro atoms. The summed E-state index contributed by atoms with van der Waals surface area (Å²) in [7, 11) is 0. The summed E-state index contributed by atoms with van der Waals surface area (Å²) in [5.74, 6) is -0.970. The Morgan fingerprint density at radius 1 is 1.21 bits per heavy atom. The van der Waals surface area contributed by atoms with Crippen molar-refractivity contribution in [2.45, 2.75) is 20.1 Å². The maximum atomic E-state index is 12.4. The van der Waals surface area contributed by atoms with Crippen LogP contribution < -0.4 is 4.74 Å². The Balaban J connectivity index is 1.73. The van der Waals surface area contributed by atoms with Gasteiger partial charge in [-0.25, -0.2) is 9.78 Å². The third-order valence-electron chi connectivity index (χ3n) is 3.32. The van der Waals surface area contributed by atoms with Crippen molar-refractivity contribution in [3.63, 3.8) is 0 Å². The van der Waals surface area contributed by atoms with E-state index in [0.29, 0.717) is 5.69 Å². The van der Waals surface area contributed by atoms with Crippen molar-refractivity contribution in [1.29, 1.82) is 0 Å². The van der Waals surface area contributed by atoms with E-state index in [0.717, 1.165) is 11.2 Å². The van der Waals surface area contributed by atoms with Crippen LogP contribution in [0.2, 0.25) is 0 Å². The molecule has 3 rings (SSSR count). The van der Waals surface area contributed by atoms with Crippen LogP contribution in [0.5, 0.6) is 5.75 Å². The average molecular weight is 332 g/mol. The molecule has 0 aliphatic rings. The minimum absolute atomic E-state index is 0.0580. The van der Waals surface area contributed by atoms with E-state index in [1.54, 1.807) is 12.3 Å². The van der Waals surface area contributed by atoms with Crippen LogP contribution in [-0.2, 0) is 11.3 Å². The van der Waals surface area contributed by atoms with Crippen LogP contribution in [0.15, 0.2) is 48.8 Å². The number of imidazole rings is 1. The second kappa shape index (κ2) is 6.66. The highest BCUT2D eigenvalue weighted by Crippen LogP contribution is 2.21. The van der Waals surface area contributed by atoms with Crippen molar-refractivity contribution in [3.05, 3.63) is 65.6 Å². The maximum Gasteiger partial charge on any atom is 0.387 e. The maximum absolute atomic E-state index is 12.4. The first-order valence-corrected chi connectivity index (χ1v) is 7.18. The van der Waals surface area contributed by atoms with Crippen molar-refractivity contribution in [3.8, 4) is 5.75 Å². The number of aromatic nitrogens is 2. The summed E-state index contributed by atoms with van der Waals surface area (Å²) >= 11 is 0. The molecule has 0 aliphatic heterocycles. The molecule has 2 aromatic heterocycles. The predicted molar refractivity (Wildman–Crippen MR) is 82.1 cm³/mol. The lowest BCUT2D eigenvalue weighted by Crippen LogP contribution is -2.10. The molecule has 0 unspecified atom stereocenters. The van der Waals surface area contributed by atoms with Gasteiger partial charge in [0, 0.05) is 12.4 Å². The van der Waals surface area contributed by atoms with E-state index in [9.17, 15) is 13.6 Å². The number of nitrogens with zero attached hydrogens (tertiary/aromatic N) is 2. The third-order valence-corrected chi connectivity index (χ3v) is 3.32. The predicted octanol–water partition coefficient (Wildman–Crippen LogP) is 3.60. The van der Waals surface area contributed by atoms with E-state index in [1.165, 1.54) is 18.2 Å². The Kier molecular flexibility index (Phi) is 4.41. The molecule has 2 heterocycles. The van der Waals surface area contributed by atoms with Crippen molar-refractivity contribution >= 4 is 11.6 Å². The molecule has 1 aromatic carbocycles. The van der Waals surface area contributed by atoms with Crippen molar-refractivity contribution in [2.75, 3.05) is 0 Å². The van der Waals surface area contributed by atoms with E-state index in [4.69, 9.17) is 4.74 Å². The van der Waals surface area contributed by atoms with Crippen LogP contribution in [0.1, 0.15) is 21.6 Å². The molecule has 0 bridgehead atoms. The molecule has 0 fully saturated rings. The Morgan fingerprint density at radius 2 is 2.00 bits per heavy atom. The number of para-hydroxylation sites is 1. The summed E-state index contributed by atoms with van der Waals surface area (Å²) in [4.78, 5) is 16.4. The number of benzene rings is 1. The molecule has 124 valence electrons. The molecule has 7 heteroatoms. The van der Waals surface area contributed by atoms with Gasteiger partial charge < -0.3 is 13.9 Å². The van der Waals surface area contributed by atoms with E-state index >= 15 is 0 Å². The summed E-state index contributed by atoms with van der Waals surface area (Å²) in [6.45, 7) is -1.12. The number of alkyl halides is 2. The zero-order valence-electron chi connectivity index (χ0n) is 12.8. The summed E-state index contributed by atoms with van der Waals surface area (Å²) < 4.78 is 36.1. The van der Waals surface area contributed by atoms with E-state index in [1.807, 2.05) is 29.7 Å². The van der Waals surface area contributed by atoms with Gasteiger partial charge in [0.25, 0.3) is 0 Å². The minimum atomic E-state index is -3.01. The second-order valence-electron chi connectivity index (χ2n) is 5.15. The van der Waals surface area contributed by atoms with Gasteiger partial charge in [0.05, 0.1) is 5.69 Å². The van der Waals surface area contributed by atoms with Gasteiger partial charge in [-0.05, 0) is 30.7 Å². The number of fused-ring (bicyclic) bond motifs is 1. The Hall–Kier alpha value is -2.96. The zero-order valence-corrected chi connectivity index (χ0v) is 12.8. The largest absolute Gasteiger partial charge is 0.455 e. The van der Waals surface area contributed by atoms with E-state index in [2.05, 4.69) is 9.72 Å². The number of carbonyl (C=O) groups is 1. The van der Waals surface area contributed by atoms with Crippen LogP contribution in [0.3, 0.4) is 0 Å². The lowest BCUT2D eigenvalue weighted by atomic mass is 10.2. The lowest BCUT2D eigenvalue weighted by Gasteiger charge is -2.09.